The lowest BCUT2D eigenvalue weighted by Gasteiger charge is -2.06. The molecule has 0 bridgehead atoms. The molecule has 3 aromatic rings. The van der Waals surface area contributed by atoms with Crippen LogP contribution in [0.15, 0.2) is 43.1 Å². The lowest BCUT2D eigenvalue weighted by molar-refractivity contribution is 0.879. The quantitative estimate of drug-likeness (QED) is 0.783. The first-order valence-corrected chi connectivity index (χ1v) is 7.29. The highest BCUT2D eigenvalue weighted by Crippen LogP contribution is 2.17. The molecule has 0 amide bonds. The number of rotatable bonds is 5. The van der Waals surface area contributed by atoms with E-state index in [0.29, 0.717) is 0 Å². The predicted molar refractivity (Wildman–Crippen MR) is 80.2 cm³/mol. The Labute approximate surface area is 121 Å². The second-order valence-corrected chi connectivity index (χ2v) is 5.51. The molecule has 0 unspecified atom stereocenters. The van der Waals surface area contributed by atoms with Crippen LogP contribution in [0.2, 0.25) is 0 Å². The Morgan fingerprint density at radius 1 is 1.25 bits per heavy atom. The summed E-state index contributed by atoms with van der Waals surface area (Å²) < 4.78 is 1.74. The van der Waals surface area contributed by atoms with Crippen molar-refractivity contribution >= 4 is 17.0 Å². The molecule has 3 rings (SSSR count). The third-order valence-electron chi connectivity index (χ3n) is 2.92. The van der Waals surface area contributed by atoms with Gasteiger partial charge in [-0.05, 0) is 30.7 Å². The molecule has 6 heteroatoms. The fourth-order valence-corrected chi connectivity index (χ4v) is 2.66. The first-order valence-electron chi connectivity index (χ1n) is 6.47. The average Bonchev–Trinajstić information content (AvgIpc) is 3.17. The molecule has 2 heterocycles. The van der Waals surface area contributed by atoms with Crippen molar-refractivity contribution in [1.82, 2.24) is 19.7 Å². The van der Waals surface area contributed by atoms with Crippen LogP contribution in [-0.2, 0) is 13.0 Å². The second kappa shape index (κ2) is 5.83. The number of benzene rings is 1. The normalized spacial score (nSPS) is 10.7. The Hall–Kier alpha value is -2.21. The molecule has 0 saturated heterocycles. The van der Waals surface area contributed by atoms with Crippen LogP contribution in [0.4, 0.5) is 5.69 Å². The molecule has 2 aromatic heterocycles. The van der Waals surface area contributed by atoms with Crippen molar-refractivity contribution in [3.63, 3.8) is 0 Å². The molecule has 0 aliphatic carbocycles. The van der Waals surface area contributed by atoms with E-state index in [0.717, 1.165) is 24.3 Å². The first-order chi connectivity index (χ1) is 9.85. The molecule has 0 atom stereocenters. The summed E-state index contributed by atoms with van der Waals surface area (Å²) in [7, 11) is 0. The summed E-state index contributed by atoms with van der Waals surface area (Å²) in [5, 5.41) is 8.68. The standard InChI is InChI=1S/C14H15N5S/c1-2-14-17-8-13(20-14)7-16-11-3-5-12(6-4-11)19-10-15-9-18-19/h3-6,8-10,16H,2,7H2,1H3. The van der Waals surface area contributed by atoms with Gasteiger partial charge in [0.05, 0.1) is 17.2 Å². The zero-order valence-electron chi connectivity index (χ0n) is 11.2. The zero-order chi connectivity index (χ0) is 13.8. The van der Waals surface area contributed by atoms with E-state index in [1.807, 2.05) is 30.5 Å². The topological polar surface area (TPSA) is 55.6 Å². The van der Waals surface area contributed by atoms with Crippen molar-refractivity contribution in [3.8, 4) is 5.69 Å². The minimum Gasteiger partial charge on any atom is -0.380 e. The van der Waals surface area contributed by atoms with Gasteiger partial charge in [-0.3, -0.25) is 0 Å². The van der Waals surface area contributed by atoms with Crippen molar-refractivity contribution in [1.29, 1.82) is 0 Å². The monoisotopic (exact) mass is 285 g/mol. The third kappa shape index (κ3) is 2.85. The maximum absolute atomic E-state index is 4.35. The summed E-state index contributed by atoms with van der Waals surface area (Å²) in [5.41, 5.74) is 2.08. The van der Waals surface area contributed by atoms with Gasteiger partial charge in [0.1, 0.15) is 12.7 Å². The van der Waals surface area contributed by atoms with Gasteiger partial charge in [-0.1, -0.05) is 6.92 Å². The van der Waals surface area contributed by atoms with Crippen LogP contribution in [0.1, 0.15) is 16.8 Å². The zero-order valence-corrected chi connectivity index (χ0v) is 12.0. The Kier molecular flexibility index (Phi) is 3.73. The summed E-state index contributed by atoms with van der Waals surface area (Å²) in [5.74, 6) is 0. The maximum Gasteiger partial charge on any atom is 0.138 e. The van der Waals surface area contributed by atoms with Crippen LogP contribution in [0.25, 0.3) is 5.69 Å². The van der Waals surface area contributed by atoms with Gasteiger partial charge in [0, 0.05) is 16.8 Å². The highest BCUT2D eigenvalue weighted by Gasteiger charge is 2.01. The van der Waals surface area contributed by atoms with E-state index in [1.54, 1.807) is 22.3 Å². The molecule has 5 nitrogen and oxygen atoms in total. The van der Waals surface area contributed by atoms with Crippen LogP contribution >= 0.6 is 11.3 Å². The van der Waals surface area contributed by atoms with Crippen LogP contribution in [0.3, 0.4) is 0 Å². The Bertz CT molecular complexity index is 657. The van der Waals surface area contributed by atoms with Crippen molar-refractivity contribution in [2.24, 2.45) is 0 Å². The van der Waals surface area contributed by atoms with Gasteiger partial charge in [-0.15, -0.1) is 11.3 Å². The smallest absolute Gasteiger partial charge is 0.138 e. The van der Waals surface area contributed by atoms with Gasteiger partial charge in [0.15, 0.2) is 0 Å². The largest absolute Gasteiger partial charge is 0.380 e. The van der Waals surface area contributed by atoms with Crippen LogP contribution in [0, 0.1) is 0 Å². The van der Waals surface area contributed by atoms with E-state index >= 15 is 0 Å². The van der Waals surface area contributed by atoms with Gasteiger partial charge in [0.25, 0.3) is 0 Å². The minimum atomic E-state index is 0.806. The molecular formula is C14H15N5S. The molecule has 1 N–H and O–H groups in total. The van der Waals surface area contributed by atoms with Gasteiger partial charge in [-0.2, -0.15) is 5.10 Å². The maximum atomic E-state index is 4.35. The first kappa shape index (κ1) is 12.8. The van der Waals surface area contributed by atoms with E-state index in [4.69, 9.17) is 0 Å². The Balaban J connectivity index is 1.63. The SMILES string of the molecule is CCc1ncc(CNc2ccc(-n3cncn3)cc2)s1. The van der Waals surface area contributed by atoms with Gasteiger partial charge >= 0.3 is 0 Å². The van der Waals surface area contributed by atoms with Gasteiger partial charge in [0.2, 0.25) is 0 Å². The number of hydrogen-bond acceptors (Lipinski definition) is 5. The van der Waals surface area contributed by atoms with E-state index < -0.39 is 0 Å². The Morgan fingerprint density at radius 3 is 2.75 bits per heavy atom. The Morgan fingerprint density at radius 2 is 2.10 bits per heavy atom. The summed E-state index contributed by atoms with van der Waals surface area (Å²) in [6, 6.07) is 8.11. The van der Waals surface area contributed by atoms with Crippen molar-refractivity contribution < 1.29 is 0 Å². The average molecular weight is 285 g/mol. The lowest BCUT2D eigenvalue weighted by atomic mass is 10.3. The molecule has 0 spiro atoms. The number of aromatic nitrogens is 4. The highest BCUT2D eigenvalue weighted by atomic mass is 32.1. The molecule has 0 radical (unpaired) electrons. The highest BCUT2D eigenvalue weighted by molar-refractivity contribution is 7.11. The number of nitrogens with zero attached hydrogens (tertiary/aromatic N) is 4. The number of thiazole rings is 1. The number of nitrogens with one attached hydrogen (secondary N) is 1. The molecule has 0 fully saturated rings. The lowest BCUT2D eigenvalue weighted by Crippen LogP contribution is -1.98. The number of aryl methyl sites for hydroxylation is 1. The molecule has 0 aliphatic heterocycles. The van der Waals surface area contributed by atoms with Crippen LogP contribution < -0.4 is 5.32 Å². The summed E-state index contributed by atoms with van der Waals surface area (Å²) in [6.45, 7) is 2.93. The molecule has 1 aromatic carbocycles. The predicted octanol–water partition coefficient (Wildman–Crippen LogP) is 2.90. The van der Waals surface area contributed by atoms with Crippen molar-refractivity contribution in [2.45, 2.75) is 19.9 Å². The van der Waals surface area contributed by atoms with Gasteiger partial charge < -0.3 is 5.32 Å². The summed E-state index contributed by atoms with van der Waals surface area (Å²) in [6.07, 6.45) is 6.16. The summed E-state index contributed by atoms with van der Waals surface area (Å²) in [4.78, 5) is 9.54. The molecule has 20 heavy (non-hydrogen) atoms. The van der Waals surface area contributed by atoms with Crippen LogP contribution in [0.5, 0.6) is 0 Å². The number of anilines is 1. The molecule has 102 valence electrons. The van der Waals surface area contributed by atoms with Crippen molar-refractivity contribution in [2.75, 3.05) is 5.32 Å². The van der Waals surface area contributed by atoms with E-state index in [1.165, 1.54) is 16.2 Å². The molecule has 0 aliphatic rings. The fraction of sp³-hybridized carbons (Fsp3) is 0.214. The van der Waals surface area contributed by atoms with Crippen LogP contribution in [-0.4, -0.2) is 19.7 Å². The minimum absolute atomic E-state index is 0.806. The van der Waals surface area contributed by atoms with E-state index in [9.17, 15) is 0 Å². The van der Waals surface area contributed by atoms with E-state index in [-0.39, 0.29) is 0 Å². The third-order valence-corrected chi connectivity index (χ3v) is 4.06. The second-order valence-electron chi connectivity index (χ2n) is 4.31. The summed E-state index contributed by atoms with van der Waals surface area (Å²) >= 11 is 1.76. The van der Waals surface area contributed by atoms with E-state index in [2.05, 4.69) is 27.3 Å². The van der Waals surface area contributed by atoms with Crippen molar-refractivity contribution in [3.05, 3.63) is 53.0 Å². The molecule has 0 saturated carbocycles. The van der Waals surface area contributed by atoms with Gasteiger partial charge in [-0.25, -0.2) is 14.6 Å². The fourth-order valence-electron chi connectivity index (χ4n) is 1.86. The molecular weight excluding hydrogens is 270 g/mol. The number of hydrogen-bond donors (Lipinski definition) is 1.